The number of nitrogens with one attached hydrogen (secondary N) is 3. The Labute approximate surface area is 244 Å². The van der Waals surface area contributed by atoms with Crippen LogP contribution in [0.1, 0.15) is 37.8 Å². The van der Waals surface area contributed by atoms with Crippen molar-refractivity contribution in [2.45, 2.75) is 57.8 Å². The molecule has 12 nitrogen and oxygen atoms in total. The zero-order valence-electron chi connectivity index (χ0n) is 23.9. The molecule has 224 valence electrons. The first-order valence-electron chi connectivity index (χ1n) is 13.7. The number of Topliss-reactive ketones (excluding diaryl/α,β-unsaturated/α-hetero) is 1. The summed E-state index contributed by atoms with van der Waals surface area (Å²) in [5, 5.41) is 7.52. The molecule has 2 aromatic carbocycles. The Hall–Kier alpha value is -4.58. The molecule has 0 radical (unpaired) electrons. The maximum atomic E-state index is 13.5. The number of nitrogens with two attached hydrogens (primary N) is 1. The number of hydrogen-bond donors (Lipinski definition) is 4. The quantitative estimate of drug-likeness (QED) is 0.194. The van der Waals surface area contributed by atoms with Gasteiger partial charge in [-0.05, 0) is 23.1 Å². The minimum Gasteiger partial charge on any atom is -0.469 e. The van der Waals surface area contributed by atoms with Gasteiger partial charge in [0.2, 0.25) is 23.5 Å². The second-order valence-corrected chi connectivity index (χ2v) is 10.1. The summed E-state index contributed by atoms with van der Waals surface area (Å²) in [6, 6.07) is 12.4. The largest absolute Gasteiger partial charge is 0.469 e. The van der Waals surface area contributed by atoms with E-state index in [1.807, 2.05) is 19.9 Å². The van der Waals surface area contributed by atoms with Gasteiger partial charge in [-0.2, -0.15) is 0 Å². The van der Waals surface area contributed by atoms with Crippen molar-refractivity contribution in [1.29, 1.82) is 0 Å². The fraction of sp³-hybridized carbons (Fsp3) is 0.400. The van der Waals surface area contributed by atoms with Crippen molar-refractivity contribution in [2.75, 3.05) is 18.6 Å². The SMILES string of the molecule is CC[C@H](C)[C@H](N)C(=O)NCC(=O)N1c2ccccc2C[C@H]1C(=O)N[C@@H](CC(=O)OC)C(=O)C(=O)NCc1ccccc1. The number of ether oxygens (including phenoxy) is 1. The van der Waals surface area contributed by atoms with E-state index in [1.54, 1.807) is 48.5 Å². The van der Waals surface area contributed by atoms with Crippen molar-refractivity contribution in [1.82, 2.24) is 16.0 Å². The lowest BCUT2D eigenvalue weighted by Crippen LogP contribution is -2.56. The summed E-state index contributed by atoms with van der Waals surface area (Å²) in [6.45, 7) is 3.39. The van der Waals surface area contributed by atoms with Crippen molar-refractivity contribution < 1.29 is 33.5 Å². The van der Waals surface area contributed by atoms with Gasteiger partial charge < -0.3 is 26.4 Å². The smallest absolute Gasteiger partial charge is 0.308 e. The average molecular weight is 580 g/mol. The van der Waals surface area contributed by atoms with Crippen molar-refractivity contribution >= 4 is 41.1 Å². The number of anilines is 1. The predicted molar refractivity (Wildman–Crippen MR) is 154 cm³/mol. The summed E-state index contributed by atoms with van der Waals surface area (Å²) in [6.07, 6.45) is 0.213. The van der Waals surface area contributed by atoms with E-state index in [0.29, 0.717) is 17.7 Å². The van der Waals surface area contributed by atoms with Crippen molar-refractivity contribution in [3.8, 4) is 0 Å². The average Bonchev–Trinajstić information content (AvgIpc) is 3.41. The van der Waals surface area contributed by atoms with Crippen LogP contribution >= 0.6 is 0 Å². The fourth-order valence-corrected chi connectivity index (χ4v) is 4.53. The lowest BCUT2D eigenvalue weighted by molar-refractivity contribution is -0.145. The van der Waals surface area contributed by atoms with Crippen LogP contribution in [0.15, 0.2) is 54.6 Å². The number of esters is 1. The minimum atomic E-state index is -1.53. The minimum absolute atomic E-state index is 0.0664. The third-order valence-corrected chi connectivity index (χ3v) is 7.27. The van der Waals surface area contributed by atoms with Crippen LogP contribution in [0.5, 0.6) is 0 Å². The molecule has 0 saturated heterocycles. The molecule has 2 aromatic rings. The third-order valence-electron chi connectivity index (χ3n) is 7.27. The molecule has 0 unspecified atom stereocenters. The fourth-order valence-electron chi connectivity index (χ4n) is 4.53. The number of rotatable bonds is 13. The molecule has 0 bridgehead atoms. The van der Waals surface area contributed by atoms with Crippen molar-refractivity contribution in [3.05, 3.63) is 65.7 Å². The molecule has 4 atom stereocenters. The second-order valence-electron chi connectivity index (χ2n) is 10.1. The molecular formula is C30H37N5O7. The van der Waals surface area contributed by atoms with Crippen LogP contribution in [0.25, 0.3) is 0 Å². The molecule has 12 heteroatoms. The molecule has 1 heterocycles. The van der Waals surface area contributed by atoms with Crippen LogP contribution in [0.3, 0.4) is 0 Å². The van der Waals surface area contributed by atoms with Gasteiger partial charge in [-0.15, -0.1) is 0 Å². The molecule has 5 N–H and O–H groups in total. The number of carbonyl (C=O) groups is 6. The summed E-state index contributed by atoms with van der Waals surface area (Å²) < 4.78 is 4.67. The monoisotopic (exact) mass is 579 g/mol. The maximum Gasteiger partial charge on any atom is 0.308 e. The van der Waals surface area contributed by atoms with Gasteiger partial charge >= 0.3 is 5.97 Å². The molecule has 0 spiro atoms. The molecule has 1 aliphatic heterocycles. The molecular weight excluding hydrogens is 542 g/mol. The Morgan fingerprint density at radius 2 is 1.67 bits per heavy atom. The Balaban J connectivity index is 1.75. The van der Waals surface area contributed by atoms with Crippen LogP contribution in [-0.2, 0) is 46.5 Å². The van der Waals surface area contributed by atoms with Gasteiger partial charge in [-0.1, -0.05) is 68.8 Å². The van der Waals surface area contributed by atoms with Crippen molar-refractivity contribution in [2.24, 2.45) is 11.7 Å². The Bertz CT molecular complexity index is 1320. The van der Waals surface area contributed by atoms with Crippen LogP contribution in [-0.4, -0.2) is 67.2 Å². The van der Waals surface area contributed by atoms with E-state index in [2.05, 4.69) is 20.7 Å². The summed E-state index contributed by atoms with van der Waals surface area (Å²) in [7, 11) is 1.12. The highest BCUT2D eigenvalue weighted by Crippen LogP contribution is 2.32. The summed E-state index contributed by atoms with van der Waals surface area (Å²) in [5.74, 6) is -4.74. The maximum absolute atomic E-state index is 13.5. The number of nitrogens with zero attached hydrogens (tertiary/aromatic N) is 1. The van der Waals surface area contributed by atoms with Gasteiger partial charge in [-0.25, -0.2) is 0 Å². The first-order chi connectivity index (χ1) is 20.1. The van der Waals surface area contributed by atoms with E-state index in [9.17, 15) is 28.8 Å². The van der Waals surface area contributed by atoms with Gasteiger partial charge in [0.25, 0.3) is 5.91 Å². The Kier molecular flexibility index (Phi) is 11.3. The van der Waals surface area contributed by atoms with Crippen molar-refractivity contribution in [3.63, 3.8) is 0 Å². The van der Waals surface area contributed by atoms with E-state index < -0.39 is 66.5 Å². The molecule has 0 aromatic heterocycles. The highest BCUT2D eigenvalue weighted by atomic mass is 16.5. The molecule has 0 aliphatic carbocycles. The number of ketones is 1. The molecule has 0 fully saturated rings. The Morgan fingerprint density at radius 1 is 1.00 bits per heavy atom. The van der Waals surface area contributed by atoms with E-state index in [0.717, 1.165) is 12.7 Å². The topological polar surface area (TPSA) is 177 Å². The number of amides is 4. The Morgan fingerprint density at radius 3 is 2.33 bits per heavy atom. The molecule has 1 aliphatic rings. The van der Waals surface area contributed by atoms with Crippen LogP contribution in [0.2, 0.25) is 0 Å². The van der Waals surface area contributed by atoms with E-state index >= 15 is 0 Å². The summed E-state index contributed by atoms with van der Waals surface area (Å²) >= 11 is 0. The van der Waals surface area contributed by atoms with Crippen LogP contribution < -0.4 is 26.6 Å². The predicted octanol–water partition coefficient (Wildman–Crippen LogP) is 0.367. The normalized spacial score (nSPS) is 15.9. The highest BCUT2D eigenvalue weighted by molar-refractivity contribution is 6.38. The van der Waals surface area contributed by atoms with Gasteiger partial charge in [-0.3, -0.25) is 33.7 Å². The summed E-state index contributed by atoms with van der Waals surface area (Å²) in [4.78, 5) is 78.4. The zero-order valence-corrected chi connectivity index (χ0v) is 23.9. The third kappa shape index (κ3) is 8.00. The molecule has 42 heavy (non-hydrogen) atoms. The van der Waals surface area contributed by atoms with E-state index in [-0.39, 0.29) is 18.9 Å². The number of carbonyl (C=O) groups excluding carboxylic acids is 6. The highest BCUT2D eigenvalue weighted by Gasteiger charge is 2.40. The second kappa shape index (κ2) is 14.9. The van der Waals surface area contributed by atoms with Crippen LogP contribution in [0.4, 0.5) is 5.69 Å². The first kappa shape index (κ1) is 31.9. The van der Waals surface area contributed by atoms with Gasteiger partial charge in [0.1, 0.15) is 12.1 Å². The molecule has 0 saturated carbocycles. The number of fused-ring (bicyclic) bond motifs is 1. The van der Waals surface area contributed by atoms with Crippen LogP contribution in [0, 0.1) is 5.92 Å². The lowest BCUT2D eigenvalue weighted by Gasteiger charge is -2.27. The van der Waals surface area contributed by atoms with Gasteiger partial charge in [0.05, 0.1) is 26.1 Å². The molecule has 3 rings (SSSR count). The first-order valence-corrected chi connectivity index (χ1v) is 13.7. The number of para-hydroxylation sites is 1. The zero-order chi connectivity index (χ0) is 30.8. The van der Waals surface area contributed by atoms with E-state index in [1.165, 1.54) is 4.90 Å². The number of methoxy groups -OCH3 is 1. The van der Waals surface area contributed by atoms with E-state index in [4.69, 9.17) is 5.73 Å². The number of benzene rings is 2. The summed E-state index contributed by atoms with van der Waals surface area (Å²) in [5.41, 5.74) is 7.90. The lowest BCUT2D eigenvalue weighted by atomic mass is 9.99. The van der Waals surface area contributed by atoms with Gasteiger partial charge in [0, 0.05) is 18.7 Å². The molecule has 4 amide bonds. The van der Waals surface area contributed by atoms with Gasteiger partial charge in [0.15, 0.2) is 0 Å². The number of hydrogen-bond acceptors (Lipinski definition) is 8. The standard InChI is InChI=1S/C30H37N5O7/c1-4-18(2)26(31)29(40)33-17-24(36)35-22-13-9-8-12-20(22)14-23(35)28(39)34-21(15-25(37)42-3)27(38)30(41)32-16-19-10-6-5-7-11-19/h5-13,18,21,23,26H,4,14-17,31H2,1-3H3,(H,32,41)(H,33,40)(H,34,39)/t18-,21-,23-,26-/m0/s1.